The minimum Gasteiger partial charge on any atom is -0.377 e. The summed E-state index contributed by atoms with van der Waals surface area (Å²) in [7, 11) is 1.23. The molecular weight excluding hydrogens is 324 g/mol. The van der Waals surface area contributed by atoms with Gasteiger partial charge in [0.15, 0.2) is 0 Å². The minimum absolute atomic E-state index is 0.307. The van der Waals surface area contributed by atoms with Gasteiger partial charge in [0, 0.05) is 41.5 Å². The fourth-order valence-corrected chi connectivity index (χ4v) is 4.48. The normalized spacial score (nSPS) is 25.1. The number of allylic oxidation sites excluding steroid dienone is 1. The Hall–Kier alpha value is -1.73. The number of hydrogen-bond acceptors (Lipinski definition) is 5. The van der Waals surface area contributed by atoms with Crippen molar-refractivity contribution in [1.29, 1.82) is 0 Å². The molecule has 2 aliphatic rings. The van der Waals surface area contributed by atoms with Gasteiger partial charge < -0.3 is 9.64 Å². The van der Waals surface area contributed by atoms with Gasteiger partial charge in [-0.05, 0) is 25.0 Å². The molecule has 7 heteroatoms. The maximum atomic E-state index is 11.7. The molecule has 6 nitrogen and oxygen atoms in total. The van der Waals surface area contributed by atoms with Crippen molar-refractivity contribution >= 4 is 33.2 Å². The Morgan fingerprint density at radius 1 is 1.42 bits per heavy atom. The van der Waals surface area contributed by atoms with Crippen molar-refractivity contribution in [3.63, 3.8) is 0 Å². The third-order valence-corrected chi connectivity index (χ3v) is 6.00. The third-order valence-electron chi connectivity index (χ3n) is 4.81. The number of morpholine rings is 1. The molecule has 24 heavy (non-hydrogen) atoms. The van der Waals surface area contributed by atoms with Crippen LogP contribution in [0.1, 0.15) is 18.9 Å². The number of rotatable bonds is 2. The van der Waals surface area contributed by atoms with E-state index in [1.54, 1.807) is 0 Å². The van der Waals surface area contributed by atoms with Gasteiger partial charge in [0.2, 0.25) is 0 Å². The molecule has 4 rings (SSSR count). The summed E-state index contributed by atoms with van der Waals surface area (Å²) in [4.78, 5) is 7.15. The zero-order chi connectivity index (χ0) is 16.7. The zero-order valence-corrected chi connectivity index (χ0v) is 14.9. The first-order valence-corrected chi connectivity index (χ1v) is 9.84. The number of anilines is 1. The third kappa shape index (κ3) is 2.75. The van der Waals surface area contributed by atoms with Gasteiger partial charge in [0.05, 0.1) is 31.0 Å². The molecule has 0 aliphatic carbocycles. The first kappa shape index (κ1) is 15.8. The Morgan fingerprint density at radius 2 is 2.29 bits per heavy atom. The van der Waals surface area contributed by atoms with Crippen LogP contribution in [0.4, 0.5) is 5.82 Å². The van der Waals surface area contributed by atoms with Crippen LogP contribution < -0.4 is 4.90 Å². The van der Waals surface area contributed by atoms with E-state index in [-0.39, 0.29) is 0 Å². The van der Waals surface area contributed by atoms with Crippen LogP contribution in [0.25, 0.3) is 16.6 Å². The van der Waals surface area contributed by atoms with Crippen molar-refractivity contribution in [2.24, 2.45) is 7.05 Å². The van der Waals surface area contributed by atoms with E-state index in [2.05, 4.69) is 29.1 Å². The van der Waals surface area contributed by atoms with Gasteiger partial charge in [0.25, 0.3) is 0 Å². The molecule has 0 radical (unpaired) electrons. The summed E-state index contributed by atoms with van der Waals surface area (Å²) in [6, 6.07) is 2.48. The highest BCUT2D eigenvalue weighted by Gasteiger charge is 2.23. The van der Waals surface area contributed by atoms with Gasteiger partial charge in [-0.1, -0.05) is 6.08 Å². The van der Waals surface area contributed by atoms with E-state index in [1.165, 1.54) is 11.1 Å². The van der Waals surface area contributed by atoms with Crippen molar-refractivity contribution in [1.82, 2.24) is 14.8 Å². The molecule has 4 heterocycles. The number of aryl methyl sites for hydroxylation is 1. The second kappa shape index (κ2) is 6.29. The largest absolute Gasteiger partial charge is 0.377 e. The van der Waals surface area contributed by atoms with E-state index in [9.17, 15) is 4.21 Å². The van der Waals surface area contributed by atoms with Gasteiger partial charge in [0.1, 0.15) is 11.3 Å². The Morgan fingerprint density at radius 3 is 3.04 bits per heavy atom. The van der Waals surface area contributed by atoms with Crippen LogP contribution in [-0.4, -0.2) is 56.3 Å². The molecule has 2 aliphatic heterocycles. The molecule has 1 unspecified atom stereocenters. The average Bonchev–Trinajstić information content (AvgIpc) is 2.96. The lowest BCUT2D eigenvalue weighted by atomic mass is 10.0. The first-order valence-electron chi connectivity index (χ1n) is 8.35. The Balaban J connectivity index is 1.84. The fraction of sp³-hybridized carbons (Fsp3) is 0.529. The SMILES string of the molecule is C[C@@H]1COCCN1c1cc(C2=CCS(=O)CC2)c2c(cnn2C)n1. The molecule has 1 saturated heterocycles. The Kier molecular flexibility index (Phi) is 4.14. The highest BCUT2D eigenvalue weighted by atomic mass is 32.2. The molecule has 128 valence electrons. The first-order chi connectivity index (χ1) is 11.6. The minimum atomic E-state index is -0.721. The number of aromatic nitrogens is 3. The lowest BCUT2D eigenvalue weighted by molar-refractivity contribution is 0.0985. The van der Waals surface area contributed by atoms with Crippen LogP contribution in [0.2, 0.25) is 0 Å². The quantitative estimate of drug-likeness (QED) is 0.829. The molecule has 2 atom stereocenters. The topological polar surface area (TPSA) is 60.2 Å². The highest BCUT2D eigenvalue weighted by Crippen LogP contribution is 2.32. The summed E-state index contributed by atoms with van der Waals surface area (Å²) in [5, 5.41) is 4.40. The van der Waals surface area contributed by atoms with Crippen LogP contribution in [0.15, 0.2) is 18.3 Å². The van der Waals surface area contributed by atoms with Crippen LogP contribution in [-0.2, 0) is 22.6 Å². The van der Waals surface area contributed by atoms with Crippen LogP contribution in [0.5, 0.6) is 0 Å². The molecule has 0 aromatic carbocycles. The van der Waals surface area contributed by atoms with Gasteiger partial charge >= 0.3 is 0 Å². The molecular formula is C17H22N4O2S. The van der Waals surface area contributed by atoms with E-state index in [1.807, 2.05) is 17.9 Å². The van der Waals surface area contributed by atoms with Crippen molar-refractivity contribution in [2.75, 3.05) is 36.2 Å². The predicted molar refractivity (Wildman–Crippen MR) is 96.6 cm³/mol. The smallest absolute Gasteiger partial charge is 0.130 e. The van der Waals surface area contributed by atoms with Crippen molar-refractivity contribution in [3.8, 4) is 0 Å². The van der Waals surface area contributed by atoms with E-state index in [4.69, 9.17) is 9.72 Å². The van der Waals surface area contributed by atoms with Gasteiger partial charge in [-0.25, -0.2) is 4.98 Å². The maximum absolute atomic E-state index is 11.7. The summed E-state index contributed by atoms with van der Waals surface area (Å²) in [6.45, 7) is 4.47. The van der Waals surface area contributed by atoms with Gasteiger partial charge in [-0.3, -0.25) is 8.89 Å². The fourth-order valence-electron chi connectivity index (χ4n) is 3.48. The molecule has 0 N–H and O–H groups in total. The van der Waals surface area contributed by atoms with E-state index < -0.39 is 10.8 Å². The molecule has 2 aromatic heterocycles. The summed E-state index contributed by atoms with van der Waals surface area (Å²) >= 11 is 0. The second-order valence-corrected chi connectivity index (χ2v) is 8.06. The monoisotopic (exact) mass is 346 g/mol. The number of pyridine rings is 1. The van der Waals surface area contributed by atoms with Gasteiger partial charge in [-0.15, -0.1) is 0 Å². The molecule has 0 spiro atoms. The van der Waals surface area contributed by atoms with E-state index >= 15 is 0 Å². The van der Waals surface area contributed by atoms with Gasteiger partial charge in [-0.2, -0.15) is 5.10 Å². The average molecular weight is 346 g/mol. The molecule has 0 amide bonds. The molecule has 0 bridgehead atoms. The van der Waals surface area contributed by atoms with Crippen LogP contribution in [0, 0.1) is 0 Å². The van der Waals surface area contributed by atoms with Crippen molar-refractivity contribution in [2.45, 2.75) is 19.4 Å². The number of ether oxygens (including phenoxy) is 1. The summed E-state index contributed by atoms with van der Waals surface area (Å²) in [5.41, 5.74) is 4.40. The van der Waals surface area contributed by atoms with Crippen LogP contribution in [0.3, 0.4) is 0 Å². The molecule has 1 fully saturated rings. The lowest BCUT2D eigenvalue weighted by Gasteiger charge is -2.34. The summed E-state index contributed by atoms with van der Waals surface area (Å²) < 4.78 is 19.1. The summed E-state index contributed by atoms with van der Waals surface area (Å²) in [5.74, 6) is 2.35. The maximum Gasteiger partial charge on any atom is 0.130 e. The molecule has 0 saturated carbocycles. The standard InChI is InChI=1S/C17H22N4O2S/c1-12-11-23-6-5-21(12)16-9-14(13-3-7-24(22)8-4-13)17-15(19-16)10-18-20(17)2/h3,9-10,12H,4-8,11H2,1-2H3/t12-,24?/m1/s1. The Labute approximate surface area is 144 Å². The number of nitrogens with zero attached hydrogens (tertiary/aromatic N) is 4. The number of hydrogen-bond donors (Lipinski definition) is 0. The van der Waals surface area contributed by atoms with Crippen molar-refractivity contribution in [3.05, 3.63) is 23.9 Å². The van der Waals surface area contributed by atoms with E-state index in [0.717, 1.165) is 48.8 Å². The Bertz CT molecular complexity index is 829. The highest BCUT2D eigenvalue weighted by molar-refractivity contribution is 7.85. The zero-order valence-electron chi connectivity index (χ0n) is 14.1. The van der Waals surface area contributed by atoms with E-state index in [0.29, 0.717) is 11.8 Å². The number of fused-ring (bicyclic) bond motifs is 1. The van der Waals surface area contributed by atoms with Crippen LogP contribution >= 0.6 is 0 Å². The molecule has 2 aromatic rings. The predicted octanol–water partition coefficient (Wildman–Crippen LogP) is 1.73. The second-order valence-electron chi connectivity index (χ2n) is 6.44. The lowest BCUT2D eigenvalue weighted by Crippen LogP contribution is -2.44. The van der Waals surface area contributed by atoms with Crippen molar-refractivity contribution < 1.29 is 8.95 Å². The summed E-state index contributed by atoms with van der Waals surface area (Å²) in [6.07, 6.45) is 4.79.